The molecule has 0 rings (SSSR count). The maximum absolute atomic E-state index is 7.85. The second-order valence-corrected chi connectivity index (χ2v) is 3.50. The van der Waals surface area contributed by atoms with Gasteiger partial charge in [-0.1, -0.05) is 0 Å². The lowest BCUT2D eigenvalue weighted by Crippen LogP contribution is -1.81. The van der Waals surface area contributed by atoms with Crippen molar-refractivity contribution in [1.29, 1.82) is 4.61 Å². The highest BCUT2D eigenvalue weighted by molar-refractivity contribution is 14.2. The van der Waals surface area contributed by atoms with Crippen LogP contribution in [-0.2, 0) is 7.88 Å². The molecule has 0 atom stereocenters. The molecule has 0 fully saturated rings. The predicted octanol–water partition coefficient (Wildman–Crippen LogP) is 0.308. The first-order chi connectivity index (χ1) is 1.73. The lowest BCUT2D eigenvalue weighted by Gasteiger charge is -1.78. The van der Waals surface area contributed by atoms with Gasteiger partial charge in [-0.3, -0.25) is 0 Å². The van der Waals surface area contributed by atoms with E-state index in [0.29, 0.717) is 0 Å². The molecular weight excluding hydrogens is 187 g/mol. The van der Waals surface area contributed by atoms with Crippen LogP contribution in [0.3, 0.4) is 0 Å². The van der Waals surface area contributed by atoms with Crippen molar-refractivity contribution in [3.8, 4) is 0 Å². The normalized spacial score (nSPS) is 8.50. The van der Waals surface area contributed by atoms with Gasteiger partial charge in [-0.05, 0) is 0 Å². The Balaban J connectivity index is 3.02. The van der Waals surface area contributed by atoms with Crippen LogP contribution in [0.5, 0.6) is 0 Å². The van der Waals surface area contributed by atoms with E-state index < -0.39 is 7.88 Å². The molecule has 0 aliphatic carbocycles. The van der Waals surface area contributed by atoms with Crippen LogP contribution in [0.1, 0.15) is 0 Å². The van der Waals surface area contributed by atoms with Gasteiger partial charge in [0, 0.05) is 0 Å². The summed E-state index contributed by atoms with van der Waals surface area (Å²) in [6.45, 7) is 0. The van der Waals surface area contributed by atoms with Crippen LogP contribution < -0.4 is 5.14 Å². The largest absolute Gasteiger partial charge is 0.407 e. The zero-order valence-electron chi connectivity index (χ0n) is 1.81. The van der Waals surface area contributed by atoms with Gasteiger partial charge in [-0.2, -0.15) is 29.1 Å². The van der Waals surface area contributed by atoms with Crippen molar-refractivity contribution in [2.24, 2.45) is 5.14 Å². The number of nitrogens with zero attached hydrogens (tertiary/aromatic N) is 1. The highest BCUT2D eigenvalue weighted by Gasteiger charge is 1.28. The molecule has 0 aliphatic heterocycles. The van der Waals surface area contributed by atoms with E-state index in [9.17, 15) is 0 Å². The predicted molar refractivity (Wildman–Crippen MR) is 27.3 cm³/mol. The maximum Gasteiger partial charge on any atom is -0.193 e. The summed E-state index contributed by atoms with van der Waals surface area (Å²) in [5.74, 6) is 0. The molecule has 4 heavy (non-hydrogen) atoms. The van der Waals surface area contributed by atoms with E-state index in [1.54, 1.807) is 21.2 Å². The first-order valence-electron chi connectivity index (χ1n) is 0.573. The molecule has 0 aliphatic rings. The Morgan fingerprint density at radius 2 is 2.00 bits per heavy atom. The van der Waals surface area contributed by atoms with E-state index in [2.05, 4.69) is 5.14 Å². The second-order valence-electron chi connectivity index (χ2n) is 0.264. The monoisotopic (exact) mass is 189 g/mol. The highest BCUT2D eigenvalue weighted by Crippen LogP contribution is 1.73. The van der Waals surface area contributed by atoms with Crippen LogP contribution in [0.2, 0.25) is 0 Å². The minimum atomic E-state index is -0.891. The molecule has 0 radical (unpaired) electrons. The molecule has 0 aromatic heterocycles. The molecule has 26 valence electrons. The molecule has 0 unspecified atom stereocenters. The summed E-state index contributed by atoms with van der Waals surface area (Å²) in [4.78, 5) is 0. The van der Waals surface area contributed by atoms with Gasteiger partial charge in [-0.25, -0.2) is 0 Å². The number of rotatable bonds is 0. The summed E-state index contributed by atoms with van der Waals surface area (Å²) < 4.78 is 7.85. The van der Waals surface area contributed by atoms with Gasteiger partial charge in [-0.15, -0.1) is 0 Å². The third-order valence-electron chi connectivity index (χ3n) is 0. The van der Waals surface area contributed by atoms with Gasteiger partial charge >= 0.3 is 0 Å². The zero-order valence-corrected chi connectivity index (χ0v) is 4.78. The fourth-order valence-electron chi connectivity index (χ4n) is 0. The number of hydrogen-bond acceptors (Lipinski definition) is 3. The smallest absolute Gasteiger partial charge is 0.193 e. The SMILES string of the molecule is N#[S-](N)I. The van der Waals surface area contributed by atoms with E-state index in [4.69, 9.17) is 4.61 Å². The summed E-state index contributed by atoms with van der Waals surface area (Å²) in [6.07, 6.45) is 0. The van der Waals surface area contributed by atoms with Crippen molar-refractivity contribution in [1.82, 2.24) is 0 Å². The molecule has 0 heterocycles. The van der Waals surface area contributed by atoms with E-state index in [1.807, 2.05) is 0 Å². The second kappa shape index (κ2) is 2.02. The van der Waals surface area contributed by atoms with Crippen LogP contribution in [-0.4, -0.2) is 0 Å². The molecule has 0 aromatic rings. The zero-order chi connectivity index (χ0) is 3.58. The molecule has 0 saturated heterocycles. The van der Waals surface area contributed by atoms with E-state index in [0.717, 1.165) is 0 Å². The average molecular weight is 189 g/mol. The molecule has 0 amide bonds. The molecule has 2 N–H and O–H groups in total. The van der Waals surface area contributed by atoms with E-state index in [-0.39, 0.29) is 0 Å². The van der Waals surface area contributed by atoms with Gasteiger partial charge in [0.25, 0.3) is 0 Å². The first kappa shape index (κ1) is 4.75. The molecular formula is H2IN2S-. The molecule has 2 nitrogen and oxygen atoms in total. The molecule has 0 aromatic carbocycles. The molecule has 0 spiro atoms. The average Bonchev–Trinajstić information content (AvgIpc) is 0.811. The summed E-state index contributed by atoms with van der Waals surface area (Å²) >= 11 is 1.70. The Labute approximate surface area is 39.0 Å². The van der Waals surface area contributed by atoms with Gasteiger partial charge in [0.15, 0.2) is 0 Å². The lowest BCUT2D eigenvalue weighted by molar-refractivity contribution is 1.64. The van der Waals surface area contributed by atoms with Crippen molar-refractivity contribution >= 4 is 29.1 Å². The van der Waals surface area contributed by atoms with E-state index in [1.165, 1.54) is 0 Å². The van der Waals surface area contributed by atoms with Crippen LogP contribution in [0.15, 0.2) is 0 Å². The minimum absolute atomic E-state index is 0.891. The number of halogens is 1. The Bertz CT molecular complexity index is 52.2. The van der Waals surface area contributed by atoms with Crippen LogP contribution in [0.25, 0.3) is 0 Å². The third-order valence-corrected chi connectivity index (χ3v) is 0. The summed E-state index contributed by atoms with van der Waals surface area (Å²) in [5, 5.41) is 4.68. The van der Waals surface area contributed by atoms with Crippen LogP contribution >= 0.6 is 21.2 Å². The van der Waals surface area contributed by atoms with Gasteiger partial charge in [0.1, 0.15) is 0 Å². The van der Waals surface area contributed by atoms with Crippen molar-refractivity contribution < 1.29 is 0 Å². The third kappa shape index (κ3) is 15.0. The Morgan fingerprint density at radius 3 is 2.00 bits per heavy atom. The van der Waals surface area contributed by atoms with Crippen molar-refractivity contribution in [2.75, 3.05) is 0 Å². The van der Waals surface area contributed by atoms with Gasteiger partial charge in [0.05, 0.1) is 0 Å². The van der Waals surface area contributed by atoms with Crippen LogP contribution in [0.4, 0.5) is 0 Å². The van der Waals surface area contributed by atoms with E-state index >= 15 is 0 Å². The quantitative estimate of drug-likeness (QED) is 0.440. The Morgan fingerprint density at radius 1 is 2.00 bits per heavy atom. The first-order valence-corrected chi connectivity index (χ1v) is 4.36. The Hall–Kier alpha value is 0.750. The number of nitrogens with two attached hydrogens (primary N) is 1. The maximum atomic E-state index is 7.85. The standard InChI is InChI=1S/H2IN2S/c1-4(2)3/h2H2/q-1. The molecule has 0 saturated carbocycles. The van der Waals surface area contributed by atoms with Crippen molar-refractivity contribution in [2.45, 2.75) is 0 Å². The summed E-state index contributed by atoms with van der Waals surface area (Å²) in [7, 11) is -0.891. The van der Waals surface area contributed by atoms with Crippen molar-refractivity contribution in [3.63, 3.8) is 0 Å². The highest BCUT2D eigenvalue weighted by atomic mass is 127. The fourth-order valence-corrected chi connectivity index (χ4v) is 0. The fraction of sp³-hybridized carbons (Fsp3) is 0. The minimum Gasteiger partial charge on any atom is -0.407 e. The Kier molecular flexibility index (Phi) is 2.39. The summed E-state index contributed by atoms with van der Waals surface area (Å²) in [5.41, 5.74) is 0. The lowest BCUT2D eigenvalue weighted by atomic mass is 13.9. The summed E-state index contributed by atoms with van der Waals surface area (Å²) in [6, 6.07) is 0. The van der Waals surface area contributed by atoms with Crippen molar-refractivity contribution in [3.05, 3.63) is 0 Å². The molecule has 4 heteroatoms. The molecule has 0 bridgehead atoms. The van der Waals surface area contributed by atoms with Crippen LogP contribution in [0, 0.1) is 4.61 Å². The van der Waals surface area contributed by atoms with Gasteiger partial charge < -0.3 is 9.75 Å². The number of hydrogen-bond donors (Lipinski definition) is 1. The van der Waals surface area contributed by atoms with Gasteiger partial charge in [0.2, 0.25) is 0 Å². The topological polar surface area (TPSA) is 49.8 Å².